The van der Waals surface area contributed by atoms with Crippen molar-refractivity contribution in [3.63, 3.8) is 0 Å². The molecule has 12 heavy (non-hydrogen) atoms. The minimum absolute atomic E-state index is 1.02. The van der Waals surface area contributed by atoms with Crippen LogP contribution >= 0.6 is 0 Å². The molecular formula is C11H19N. The zero-order valence-corrected chi connectivity index (χ0v) is 8.00. The van der Waals surface area contributed by atoms with Gasteiger partial charge in [0.25, 0.3) is 0 Å². The molecule has 0 amide bonds. The molecular weight excluding hydrogens is 146 g/mol. The number of hydrogen-bond donors (Lipinski definition) is 0. The summed E-state index contributed by atoms with van der Waals surface area (Å²) in [5, 5.41) is 0. The zero-order chi connectivity index (χ0) is 8.13. The average molecular weight is 165 g/mol. The fourth-order valence-electron chi connectivity index (χ4n) is 3.88. The van der Waals surface area contributed by atoms with E-state index in [2.05, 4.69) is 11.8 Å². The number of rotatable bonds is 1. The first-order valence-corrected chi connectivity index (χ1v) is 5.62. The SMILES string of the molecule is CCC1CC2C3CCN(C3)C2C1. The van der Waals surface area contributed by atoms with E-state index in [9.17, 15) is 0 Å². The fraction of sp³-hybridized carbons (Fsp3) is 1.00. The van der Waals surface area contributed by atoms with Crippen LogP contribution in [-0.4, -0.2) is 24.0 Å². The quantitative estimate of drug-likeness (QED) is 0.575. The summed E-state index contributed by atoms with van der Waals surface area (Å²) in [6, 6.07) is 1.02. The summed E-state index contributed by atoms with van der Waals surface area (Å²) in [6.07, 6.45) is 6.02. The van der Waals surface area contributed by atoms with E-state index < -0.39 is 0 Å². The van der Waals surface area contributed by atoms with Crippen LogP contribution in [0.4, 0.5) is 0 Å². The third-order valence-electron chi connectivity index (χ3n) is 4.58. The van der Waals surface area contributed by atoms with Gasteiger partial charge in [-0.3, -0.25) is 4.90 Å². The van der Waals surface area contributed by atoms with E-state index >= 15 is 0 Å². The van der Waals surface area contributed by atoms with Gasteiger partial charge in [0.05, 0.1) is 0 Å². The number of piperidine rings is 1. The fourth-order valence-corrected chi connectivity index (χ4v) is 3.88. The van der Waals surface area contributed by atoms with Crippen molar-refractivity contribution in [2.24, 2.45) is 17.8 Å². The first-order chi connectivity index (χ1) is 5.88. The lowest BCUT2D eigenvalue weighted by atomic mass is 9.88. The van der Waals surface area contributed by atoms with Gasteiger partial charge >= 0.3 is 0 Å². The van der Waals surface area contributed by atoms with Crippen LogP contribution in [0, 0.1) is 17.8 Å². The van der Waals surface area contributed by atoms with Crippen molar-refractivity contribution in [2.45, 2.75) is 38.6 Å². The molecule has 3 aliphatic rings. The molecule has 3 rings (SSSR count). The van der Waals surface area contributed by atoms with E-state index in [0.717, 1.165) is 23.8 Å². The Hall–Kier alpha value is -0.0400. The molecule has 5 unspecified atom stereocenters. The lowest BCUT2D eigenvalue weighted by Gasteiger charge is -2.25. The van der Waals surface area contributed by atoms with Crippen molar-refractivity contribution >= 4 is 0 Å². The van der Waals surface area contributed by atoms with Gasteiger partial charge in [-0.25, -0.2) is 0 Å². The van der Waals surface area contributed by atoms with Gasteiger partial charge in [0.15, 0.2) is 0 Å². The molecule has 0 radical (unpaired) electrons. The first kappa shape index (κ1) is 7.37. The van der Waals surface area contributed by atoms with Crippen LogP contribution in [0.1, 0.15) is 32.6 Å². The Morgan fingerprint density at radius 3 is 3.00 bits per heavy atom. The summed E-state index contributed by atoms with van der Waals surface area (Å²) in [5.41, 5.74) is 0. The van der Waals surface area contributed by atoms with E-state index in [1.807, 2.05) is 0 Å². The van der Waals surface area contributed by atoms with Crippen LogP contribution in [-0.2, 0) is 0 Å². The number of nitrogens with zero attached hydrogens (tertiary/aromatic N) is 1. The van der Waals surface area contributed by atoms with Gasteiger partial charge in [0.1, 0.15) is 0 Å². The Labute approximate surface area is 75.1 Å². The summed E-state index contributed by atoms with van der Waals surface area (Å²) in [4.78, 5) is 2.77. The predicted molar refractivity (Wildman–Crippen MR) is 50.0 cm³/mol. The molecule has 2 heterocycles. The normalized spacial score (nSPS) is 56.2. The van der Waals surface area contributed by atoms with Crippen molar-refractivity contribution in [1.82, 2.24) is 4.90 Å². The minimum Gasteiger partial charge on any atom is -0.300 e. The molecule has 1 saturated carbocycles. The van der Waals surface area contributed by atoms with Gasteiger partial charge in [-0.2, -0.15) is 0 Å². The van der Waals surface area contributed by atoms with Crippen molar-refractivity contribution in [3.8, 4) is 0 Å². The standard InChI is InChI=1S/C11H19N/c1-2-8-5-10-9-3-4-12(7-9)11(10)6-8/h8-11H,2-7H2,1H3. The molecule has 1 aliphatic carbocycles. The van der Waals surface area contributed by atoms with Crippen molar-refractivity contribution in [1.29, 1.82) is 0 Å². The van der Waals surface area contributed by atoms with Gasteiger partial charge in [-0.1, -0.05) is 13.3 Å². The monoisotopic (exact) mass is 165 g/mol. The second-order valence-corrected chi connectivity index (χ2v) is 5.02. The molecule has 2 saturated heterocycles. The van der Waals surface area contributed by atoms with Crippen LogP contribution in [0.3, 0.4) is 0 Å². The molecule has 0 N–H and O–H groups in total. The van der Waals surface area contributed by atoms with Crippen LogP contribution in [0.15, 0.2) is 0 Å². The zero-order valence-electron chi connectivity index (χ0n) is 8.00. The number of hydrogen-bond acceptors (Lipinski definition) is 1. The van der Waals surface area contributed by atoms with E-state index in [1.54, 1.807) is 6.42 Å². The Bertz CT molecular complexity index is 171. The molecule has 0 aromatic rings. The minimum atomic E-state index is 1.02. The maximum Gasteiger partial charge on any atom is 0.0129 e. The molecule has 1 heteroatoms. The first-order valence-electron chi connectivity index (χ1n) is 5.62. The van der Waals surface area contributed by atoms with E-state index in [1.165, 1.54) is 32.4 Å². The van der Waals surface area contributed by atoms with Crippen molar-refractivity contribution < 1.29 is 0 Å². The molecule has 3 fully saturated rings. The molecule has 0 aromatic heterocycles. The molecule has 2 aliphatic heterocycles. The number of fused-ring (bicyclic) bond motifs is 5. The maximum absolute atomic E-state index is 2.77. The second kappa shape index (κ2) is 2.47. The highest BCUT2D eigenvalue weighted by Crippen LogP contribution is 2.49. The Kier molecular flexibility index (Phi) is 1.52. The third kappa shape index (κ3) is 0.834. The summed E-state index contributed by atoms with van der Waals surface area (Å²) >= 11 is 0. The summed E-state index contributed by atoms with van der Waals surface area (Å²) < 4.78 is 0. The second-order valence-electron chi connectivity index (χ2n) is 5.02. The van der Waals surface area contributed by atoms with Gasteiger partial charge in [0, 0.05) is 12.6 Å². The van der Waals surface area contributed by atoms with Crippen molar-refractivity contribution in [2.75, 3.05) is 13.1 Å². The average Bonchev–Trinajstić information content (AvgIpc) is 2.75. The lowest BCUT2D eigenvalue weighted by molar-refractivity contribution is 0.224. The largest absolute Gasteiger partial charge is 0.300 e. The molecule has 1 nitrogen and oxygen atoms in total. The molecule has 0 spiro atoms. The van der Waals surface area contributed by atoms with Crippen LogP contribution in [0.25, 0.3) is 0 Å². The molecule has 0 aromatic carbocycles. The summed E-state index contributed by atoms with van der Waals surface area (Å²) in [6.45, 7) is 5.23. The highest BCUT2D eigenvalue weighted by Gasteiger charge is 2.50. The van der Waals surface area contributed by atoms with E-state index in [-0.39, 0.29) is 0 Å². The highest BCUT2D eigenvalue weighted by molar-refractivity contribution is 5.03. The van der Waals surface area contributed by atoms with Crippen LogP contribution in [0.2, 0.25) is 0 Å². The Balaban J connectivity index is 1.78. The van der Waals surface area contributed by atoms with E-state index in [4.69, 9.17) is 0 Å². The third-order valence-corrected chi connectivity index (χ3v) is 4.58. The lowest BCUT2D eigenvalue weighted by Crippen LogP contribution is -2.31. The van der Waals surface area contributed by atoms with Crippen LogP contribution in [0.5, 0.6) is 0 Å². The van der Waals surface area contributed by atoms with E-state index in [0.29, 0.717) is 0 Å². The predicted octanol–water partition coefficient (Wildman–Crippen LogP) is 2.13. The van der Waals surface area contributed by atoms with Gasteiger partial charge in [-0.05, 0) is 43.6 Å². The smallest absolute Gasteiger partial charge is 0.0129 e. The Morgan fingerprint density at radius 1 is 1.33 bits per heavy atom. The van der Waals surface area contributed by atoms with Gasteiger partial charge in [-0.15, -0.1) is 0 Å². The molecule has 5 atom stereocenters. The van der Waals surface area contributed by atoms with Crippen molar-refractivity contribution in [3.05, 3.63) is 0 Å². The van der Waals surface area contributed by atoms with Gasteiger partial charge in [0.2, 0.25) is 0 Å². The van der Waals surface area contributed by atoms with Gasteiger partial charge < -0.3 is 0 Å². The van der Waals surface area contributed by atoms with Crippen LogP contribution < -0.4 is 0 Å². The summed E-state index contributed by atoms with van der Waals surface area (Å²) in [7, 11) is 0. The maximum atomic E-state index is 2.77. The molecule has 2 bridgehead atoms. The Morgan fingerprint density at radius 2 is 2.25 bits per heavy atom. The highest BCUT2D eigenvalue weighted by atomic mass is 15.2. The summed E-state index contributed by atoms with van der Waals surface area (Å²) in [5.74, 6) is 3.29. The molecule has 68 valence electrons. The topological polar surface area (TPSA) is 3.24 Å².